The second-order valence-corrected chi connectivity index (χ2v) is 3.44. The number of esters is 1. The van der Waals surface area contributed by atoms with Gasteiger partial charge in [-0.2, -0.15) is 0 Å². The average molecular weight is 216 g/mol. The highest BCUT2D eigenvalue weighted by molar-refractivity contribution is 5.79. The summed E-state index contributed by atoms with van der Waals surface area (Å²) in [6.45, 7) is 4.23. The molecule has 0 fully saturated rings. The second-order valence-electron chi connectivity index (χ2n) is 3.44. The third kappa shape index (κ3) is 7.93. The number of hydrogen-bond acceptors (Lipinski definition) is 4. The molecule has 0 radical (unpaired) electrons. The summed E-state index contributed by atoms with van der Waals surface area (Å²) in [5, 5.41) is 5.52. The summed E-state index contributed by atoms with van der Waals surface area (Å²) in [5.41, 5.74) is 0. The van der Waals surface area contributed by atoms with Gasteiger partial charge in [-0.05, 0) is 13.3 Å². The minimum Gasteiger partial charge on any atom is -0.468 e. The molecule has 0 saturated heterocycles. The van der Waals surface area contributed by atoms with Gasteiger partial charge in [0, 0.05) is 6.04 Å². The SMILES string of the molecule is CCCC(C)NC(=O)CNCC(=O)OC. The van der Waals surface area contributed by atoms with E-state index in [2.05, 4.69) is 22.3 Å². The molecule has 2 N–H and O–H groups in total. The van der Waals surface area contributed by atoms with Crippen molar-refractivity contribution in [3.63, 3.8) is 0 Å². The summed E-state index contributed by atoms with van der Waals surface area (Å²) in [5.74, 6) is -0.468. The fourth-order valence-corrected chi connectivity index (χ4v) is 1.18. The molecule has 5 heteroatoms. The van der Waals surface area contributed by atoms with E-state index in [-0.39, 0.29) is 31.0 Å². The van der Waals surface area contributed by atoms with Crippen LogP contribution in [0.25, 0.3) is 0 Å². The Kier molecular flexibility index (Phi) is 7.62. The number of carbonyl (C=O) groups excluding carboxylic acids is 2. The largest absolute Gasteiger partial charge is 0.468 e. The van der Waals surface area contributed by atoms with Gasteiger partial charge in [-0.3, -0.25) is 14.9 Å². The smallest absolute Gasteiger partial charge is 0.319 e. The van der Waals surface area contributed by atoms with Gasteiger partial charge in [-0.15, -0.1) is 0 Å². The maximum absolute atomic E-state index is 11.3. The van der Waals surface area contributed by atoms with Crippen LogP contribution in [0.2, 0.25) is 0 Å². The summed E-state index contributed by atoms with van der Waals surface area (Å²) in [4.78, 5) is 22.0. The van der Waals surface area contributed by atoms with Gasteiger partial charge < -0.3 is 10.1 Å². The molecule has 88 valence electrons. The van der Waals surface area contributed by atoms with Crippen molar-refractivity contribution in [2.24, 2.45) is 0 Å². The van der Waals surface area contributed by atoms with Crippen LogP contribution < -0.4 is 10.6 Å². The zero-order valence-corrected chi connectivity index (χ0v) is 9.63. The fraction of sp³-hybridized carbons (Fsp3) is 0.800. The highest BCUT2D eigenvalue weighted by atomic mass is 16.5. The van der Waals surface area contributed by atoms with E-state index in [4.69, 9.17) is 0 Å². The van der Waals surface area contributed by atoms with Gasteiger partial charge in [-0.1, -0.05) is 13.3 Å². The Labute approximate surface area is 90.6 Å². The Morgan fingerprint density at radius 2 is 2.00 bits per heavy atom. The van der Waals surface area contributed by atoms with Crippen molar-refractivity contribution in [2.75, 3.05) is 20.2 Å². The topological polar surface area (TPSA) is 67.4 Å². The maximum Gasteiger partial charge on any atom is 0.319 e. The molecule has 0 rings (SSSR count). The first kappa shape index (κ1) is 13.9. The molecule has 15 heavy (non-hydrogen) atoms. The highest BCUT2D eigenvalue weighted by Gasteiger charge is 2.06. The Hall–Kier alpha value is -1.10. The highest BCUT2D eigenvalue weighted by Crippen LogP contribution is 1.93. The zero-order valence-electron chi connectivity index (χ0n) is 9.63. The quantitative estimate of drug-likeness (QED) is 0.590. The van der Waals surface area contributed by atoms with Gasteiger partial charge in [0.2, 0.25) is 5.91 Å². The Bertz CT molecular complexity index is 207. The molecule has 0 aliphatic heterocycles. The molecular formula is C10H20N2O3. The van der Waals surface area contributed by atoms with Crippen molar-refractivity contribution in [1.29, 1.82) is 0 Å². The average Bonchev–Trinajstić information content (AvgIpc) is 2.17. The fourth-order valence-electron chi connectivity index (χ4n) is 1.18. The van der Waals surface area contributed by atoms with E-state index in [1.54, 1.807) is 0 Å². The summed E-state index contributed by atoms with van der Waals surface area (Å²) < 4.78 is 4.42. The minimum absolute atomic E-state index is 0.0616. The summed E-state index contributed by atoms with van der Waals surface area (Å²) in [7, 11) is 1.31. The molecule has 0 bridgehead atoms. The number of nitrogens with one attached hydrogen (secondary N) is 2. The first-order valence-electron chi connectivity index (χ1n) is 5.17. The molecule has 1 amide bonds. The normalized spacial score (nSPS) is 11.9. The summed E-state index contributed by atoms with van der Waals surface area (Å²) in [6.07, 6.45) is 2.00. The van der Waals surface area contributed by atoms with Crippen LogP contribution in [0, 0.1) is 0 Å². The number of methoxy groups -OCH3 is 1. The van der Waals surface area contributed by atoms with Crippen LogP contribution in [0.5, 0.6) is 0 Å². The van der Waals surface area contributed by atoms with Crippen LogP contribution in [0.1, 0.15) is 26.7 Å². The molecule has 0 aliphatic rings. The monoisotopic (exact) mass is 216 g/mol. The molecule has 0 saturated carbocycles. The molecule has 1 atom stereocenters. The van der Waals surface area contributed by atoms with Crippen molar-refractivity contribution in [2.45, 2.75) is 32.7 Å². The number of ether oxygens (including phenoxy) is 1. The van der Waals surface area contributed by atoms with Gasteiger partial charge in [0.05, 0.1) is 20.2 Å². The van der Waals surface area contributed by atoms with Gasteiger partial charge in [-0.25, -0.2) is 0 Å². The lowest BCUT2D eigenvalue weighted by Crippen LogP contribution is -2.40. The molecule has 1 unspecified atom stereocenters. The lowest BCUT2D eigenvalue weighted by atomic mass is 10.2. The van der Waals surface area contributed by atoms with E-state index < -0.39 is 0 Å². The van der Waals surface area contributed by atoms with Crippen LogP contribution in [0.15, 0.2) is 0 Å². The first-order chi connectivity index (χ1) is 7.10. The van der Waals surface area contributed by atoms with Crippen molar-refractivity contribution >= 4 is 11.9 Å². The molecule has 0 aromatic rings. The number of amides is 1. The van der Waals surface area contributed by atoms with Crippen molar-refractivity contribution in [3.8, 4) is 0 Å². The molecule has 0 spiro atoms. The molecule has 5 nitrogen and oxygen atoms in total. The predicted molar refractivity (Wildman–Crippen MR) is 57.4 cm³/mol. The number of carbonyl (C=O) groups is 2. The standard InChI is InChI=1S/C10H20N2O3/c1-4-5-8(2)12-9(13)6-11-7-10(14)15-3/h8,11H,4-7H2,1-3H3,(H,12,13). The Balaban J connectivity index is 3.53. The van der Waals surface area contributed by atoms with E-state index in [1.807, 2.05) is 6.92 Å². The van der Waals surface area contributed by atoms with Crippen LogP contribution in [0.4, 0.5) is 0 Å². The third-order valence-electron chi connectivity index (χ3n) is 1.91. The van der Waals surface area contributed by atoms with Gasteiger partial charge in [0.1, 0.15) is 0 Å². The van der Waals surface area contributed by atoms with Crippen molar-refractivity contribution in [3.05, 3.63) is 0 Å². The maximum atomic E-state index is 11.3. The first-order valence-corrected chi connectivity index (χ1v) is 5.17. The molecule has 0 aliphatic carbocycles. The summed E-state index contributed by atoms with van der Waals surface area (Å²) in [6, 6.07) is 0.183. The van der Waals surface area contributed by atoms with Gasteiger partial charge in [0.25, 0.3) is 0 Å². The van der Waals surface area contributed by atoms with Crippen molar-refractivity contribution in [1.82, 2.24) is 10.6 Å². The van der Waals surface area contributed by atoms with Gasteiger partial charge >= 0.3 is 5.97 Å². The third-order valence-corrected chi connectivity index (χ3v) is 1.91. The summed E-state index contributed by atoms with van der Waals surface area (Å²) >= 11 is 0. The van der Waals surface area contributed by atoms with E-state index >= 15 is 0 Å². The zero-order chi connectivity index (χ0) is 11.7. The second kappa shape index (κ2) is 8.23. The Morgan fingerprint density at radius 1 is 1.33 bits per heavy atom. The molecule has 0 aromatic heterocycles. The van der Waals surface area contributed by atoms with E-state index in [9.17, 15) is 9.59 Å². The van der Waals surface area contributed by atoms with E-state index in [0.29, 0.717) is 0 Å². The van der Waals surface area contributed by atoms with Crippen LogP contribution in [0.3, 0.4) is 0 Å². The molecule has 0 aromatic carbocycles. The number of hydrogen-bond donors (Lipinski definition) is 2. The minimum atomic E-state index is -0.371. The lowest BCUT2D eigenvalue weighted by Gasteiger charge is -2.12. The van der Waals surface area contributed by atoms with E-state index in [1.165, 1.54) is 7.11 Å². The lowest BCUT2D eigenvalue weighted by molar-refractivity contribution is -0.139. The predicted octanol–water partition coefficient (Wildman–Crippen LogP) is 0.0538. The van der Waals surface area contributed by atoms with E-state index in [0.717, 1.165) is 12.8 Å². The van der Waals surface area contributed by atoms with Crippen molar-refractivity contribution < 1.29 is 14.3 Å². The molecular weight excluding hydrogens is 196 g/mol. The Morgan fingerprint density at radius 3 is 2.53 bits per heavy atom. The number of rotatable bonds is 7. The van der Waals surface area contributed by atoms with Crippen LogP contribution in [-0.4, -0.2) is 38.1 Å². The van der Waals surface area contributed by atoms with Crippen LogP contribution >= 0.6 is 0 Å². The molecule has 0 heterocycles. The van der Waals surface area contributed by atoms with Gasteiger partial charge in [0.15, 0.2) is 0 Å². The van der Waals surface area contributed by atoms with Crippen LogP contribution in [-0.2, 0) is 14.3 Å².